The molecule has 2 heterocycles. The highest BCUT2D eigenvalue weighted by atomic mass is 32.4. The molecule has 0 saturated heterocycles. The molecule has 0 unspecified atom stereocenters. The second-order valence-electron chi connectivity index (χ2n) is 6.06. The van der Waals surface area contributed by atoms with Gasteiger partial charge < -0.3 is 10.3 Å². The van der Waals surface area contributed by atoms with Gasteiger partial charge in [0.1, 0.15) is 11.8 Å². The number of rotatable bonds is 6. The Kier molecular flexibility index (Phi) is 4.99. The zero-order chi connectivity index (χ0) is 18.7. The first-order valence-corrected chi connectivity index (χ1v) is 11.4. The van der Waals surface area contributed by atoms with E-state index in [1.807, 2.05) is 41.0 Å². The minimum atomic E-state index is -2.12. The Morgan fingerprint density at radius 1 is 0.926 bits per heavy atom. The van der Waals surface area contributed by atoms with Crippen LogP contribution in [0.2, 0.25) is 0 Å². The van der Waals surface area contributed by atoms with Crippen molar-refractivity contribution in [2.45, 2.75) is 6.54 Å². The van der Waals surface area contributed by atoms with Crippen LogP contribution >= 0.6 is 6.19 Å². The van der Waals surface area contributed by atoms with E-state index in [0.29, 0.717) is 24.4 Å². The average Bonchev–Trinajstić information content (AvgIpc) is 3.14. The second-order valence-corrected chi connectivity index (χ2v) is 10.3. The van der Waals surface area contributed by atoms with Crippen LogP contribution in [0, 0.1) is 0 Å². The number of nitrogens with two attached hydrogens (primary N) is 1. The molecule has 27 heavy (non-hydrogen) atoms. The van der Waals surface area contributed by atoms with Crippen molar-refractivity contribution in [1.82, 2.24) is 24.6 Å². The fraction of sp³-hybridized carbons (Fsp3) is 0.105. The summed E-state index contributed by atoms with van der Waals surface area (Å²) in [6, 6.07) is 20.5. The van der Waals surface area contributed by atoms with E-state index >= 15 is 0 Å². The summed E-state index contributed by atoms with van der Waals surface area (Å²) < 4.78 is 1.97. The van der Waals surface area contributed by atoms with E-state index in [9.17, 15) is 0 Å². The second kappa shape index (κ2) is 7.56. The van der Waals surface area contributed by atoms with Crippen LogP contribution in [0.25, 0.3) is 11.2 Å². The van der Waals surface area contributed by atoms with Crippen molar-refractivity contribution < 1.29 is 0 Å². The summed E-state index contributed by atoms with van der Waals surface area (Å²) >= 11 is 6.18. The van der Waals surface area contributed by atoms with Gasteiger partial charge in [-0.15, -0.1) is 0 Å². The maximum atomic E-state index is 6.18. The summed E-state index contributed by atoms with van der Waals surface area (Å²) in [5.41, 5.74) is 7.23. The van der Waals surface area contributed by atoms with Crippen molar-refractivity contribution in [2.24, 2.45) is 0 Å². The van der Waals surface area contributed by atoms with Crippen molar-refractivity contribution in [3.8, 4) is 0 Å². The van der Waals surface area contributed by atoms with Gasteiger partial charge in [0.05, 0.1) is 12.5 Å². The van der Waals surface area contributed by atoms with E-state index in [2.05, 4.69) is 44.3 Å². The van der Waals surface area contributed by atoms with Gasteiger partial charge in [-0.25, -0.2) is 15.0 Å². The topological polar surface area (TPSA) is 81.7 Å². The minimum absolute atomic E-state index is 0.394. The van der Waals surface area contributed by atoms with Crippen molar-refractivity contribution in [3.63, 3.8) is 0 Å². The van der Waals surface area contributed by atoms with Gasteiger partial charge in [-0.2, -0.15) is 0 Å². The van der Waals surface area contributed by atoms with Crippen molar-refractivity contribution >= 4 is 45.6 Å². The van der Waals surface area contributed by atoms with Gasteiger partial charge in [0.2, 0.25) is 0 Å². The summed E-state index contributed by atoms with van der Waals surface area (Å²) in [5, 5.41) is 5.94. The highest BCUT2D eigenvalue weighted by Gasteiger charge is 2.21. The molecule has 4 rings (SSSR count). The maximum Gasteiger partial charge on any atom is 0.165 e. The summed E-state index contributed by atoms with van der Waals surface area (Å²) in [6.45, 7) is 1.38. The summed E-state index contributed by atoms with van der Waals surface area (Å²) in [6.07, 6.45) is 1.08. The summed E-state index contributed by atoms with van der Waals surface area (Å²) in [4.78, 5) is 12.6. The fourth-order valence-electron chi connectivity index (χ4n) is 3.00. The predicted molar refractivity (Wildman–Crippen MR) is 114 cm³/mol. The lowest BCUT2D eigenvalue weighted by atomic mass is 10.4. The third kappa shape index (κ3) is 3.49. The monoisotopic (exact) mass is 394 g/mol. The van der Waals surface area contributed by atoms with Crippen LogP contribution in [-0.2, 0) is 18.4 Å². The average molecular weight is 394 g/mol. The molecule has 136 valence electrons. The number of nitrogen functional groups attached to an aromatic ring is 1. The van der Waals surface area contributed by atoms with E-state index in [0.717, 1.165) is 16.3 Å². The van der Waals surface area contributed by atoms with Crippen LogP contribution in [-0.4, -0.2) is 26.1 Å². The molecule has 0 bridgehead atoms. The molecule has 0 aliphatic heterocycles. The first-order valence-electron chi connectivity index (χ1n) is 8.56. The van der Waals surface area contributed by atoms with Crippen LogP contribution < -0.4 is 21.4 Å². The molecule has 8 heteroatoms. The molecule has 6 nitrogen and oxygen atoms in total. The molecule has 4 aromatic rings. The third-order valence-electron chi connectivity index (χ3n) is 4.36. The molecule has 0 aliphatic carbocycles. The molecule has 0 amide bonds. The Hall–Kier alpha value is -2.60. The molecule has 3 N–H and O–H groups in total. The maximum absolute atomic E-state index is 6.18. The number of imidazole rings is 1. The molecule has 0 fully saturated rings. The number of fused-ring (bicyclic) bond motifs is 1. The molecule has 0 saturated carbocycles. The van der Waals surface area contributed by atoms with Crippen LogP contribution in [0.3, 0.4) is 0 Å². The number of benzene rings is 2. The van der Waals surface area contributed by atoms with Crippen LogP contribution in [0.5, 0.6) is 0 Å². The number of hydrogen-bond donors (Lipinski definition) is 2. The lowest BCUT2D eigenvalue weighted by Gasteiger charge is -2.24. The van der Waals surface area contributed by atoms with E-state index < -0.39 is 6.19 Å². The first-order chi connectivity index (χ1) is 13.2. The van der Waals surface area contributed by atoms with Crippen molar-refractivity contribution in [1.29, 1.82) is 0 Å². The van der Waals surface area contributed by atoms with Gasteiger partial charge in [0.15, 0.2) is 11.5 Å². The number of nitrogens with zero attached hydrogens (tertiary/aromatic N) is 4. The van der Waals surface area contributed by atoms with Gasteiger partial charge in [-0.3, -0.25) is 5.09 Å². The highest BCUT2D eigenvalue weighted by molar-refractivity contribution is 8.20. The molecule has 2 aromatic carbocycles. The Morgan fingerprint density at radius 2 is 1.56 bits per heavy atom. The fourth-order valence-corrected chi connectivity index (χ4v) is 6.26. The largest absolute Gasteiger partial charge is 0.382 e. The standard InChI is InChI=1S/C19H19N6PS/c20-18-17-19(22-13-21-18)25(14-23-17)12-11-24-26(27,15-7-3-1-4-8-15)16-9-5-2-6-10-16/h1-10,13-14H,11-12H2,(H,24,27)(H2,20,21,22). The summed E-state index contributed by atoms with van der Waals surface area (Å²) in [5.74, 6) is 0.394. The molecule has 0 atom stereocenters. The molecule has 0 aliphatic rings. The van der Waals surface area contributed by atoms with Crippen LogP contribution in [0.4, 0.5) is 5.82 Å². The van der Waals surface area contributed by atoms with E-state index in [1.165, 1.54) is 6.33 Å². The normalized spacial score (nSPS) is 11.7. The smallest absolute Gasteiger partial charge is 0.165 e. The zero-order valence-corrected chi connectivity index (χ0v) is 16.3. The molecule has 0 spiro atoms. The number of anilines is 1. The Morgan fingerprint density at radius 3 is 2.19 bits per heavy atom. The van der Waals surface area contributed by atoms with Crippen LogP contribution in [0.15, 0.2) is 73.3 Å². The Balaban J connectivity index is 1.60. The Bertz CT molecular complexity index is 1050. The number of aromatic nitrogens is 4. The number of nitrogens with one attached hydrogen (secondary N) is 1. The van der Waals surface area contributed by atoms with E-state index in [-0.39, 0.29) is 0 Å². The van der Waals surface area contributed by atoms with Crippen LogP contribution in [0.1, 0.15) is 0 Å². The third-order valence-corrected chi connectivity index (χ3v) is 8.73. The van der Waals surface area contributed by atoms with Gasteiger partial charge >= 0.3 is 0 Å². The molecular weight excluding hydrogens is 375 g/mol. The van der Waals surface area contributed by atoms with Crippen molar-refractivity contribution in [2.75, 3.05) is 12.3 Å². The van der Waals surface area contributed by atoms with Crippen molar-refractivity contribution in [3.05, 3.63) is 73.3 Å². The zero-order valence-electron chi connectivity index (χ0n) is 14.6. The molecule has 2 aromatic heterocycles. The highest BCUT2D eigenvalue weighted by Crippen LogP contribution is 2.38. The van der Waals surface area contributed by atoms with E-state index in [4.69, 9.17) is 17.5 Å². The van der Waals surface area contributed by atoms with Gasteiger partial charge in [0.25, 0.3) is 0 Å². The van der Waals surface area contributed by atoms with E-state index in [1.54, 1.807) is 6.33 Å². The predicted octanol–water partition coefficient (Wildman–Crippen LogP) is 2.04. The SMILES string of the molecule is Nc1ncnc2c1ncn2CCNP(=S)(c1ccccc1)c1ccccc1. The Labute approximate surface area is 162 Å². The van der Waals surface area contributed by atoms with Gasteiger partial charge in [-0.05, 0) is 0 Å². The first kappa shape index (κ1) is 17.8. The summed E-state index contributed by atoms with van der Waals surface area (Å²) in [7, 11) is 0. The molecular formula is C19H19N6PS. The molecule has 0 radical (unpaired) electrons. The lowest BCUT2D eigenvalue weighted by molar-refractivity contribution is 0.697. The minimum Gasteiger partial charge on any atom is -0.382 e. The van der Waals surface area contributed by atoms with Gasteiger partial charge in [0, 0.05) is 23.7 Å². The van der Waals surface area contributed by atoms with Gasteiger partial charge in [-0.1, -0.05) is 72.5 Å². The lowest BCUT2D eigenvalue weighted by Crippen LogP contribution is -2.29. The number of hydrogen-bond acceptors (Lipinski definition) is 5. The quantitative estimate of drug-likeness (QED) is 0.487.